The molecule has 0 aliphatic heterocycles. The molecule has 2 aromatic carbocycles. The zero-order chi connectivity index (χ0) is 19.2. The van der Waals surface area contributed by atoms with Gasteiger partial charge in [0.05, 0.1) is 12.2 Å². The van der Waals surface area contributed by atoms with Gasteiger partial charge in [-0.3, -0.25) is 14.5 Å². The number of thioether (sulfide) groups is 1. The van der Waals surface area contributed by atoms with Crippen molar-refractivity contribution in [2.75, 3.05) is 25.2 Å². The van der Waals surface area contributed by atoms with Gasteiger partial charge < -0.3 is 10.6 Å². The molecule has 2 N–H and O–H groups in total. The molecule has 1 saturated carbocycles. The van der Waals surface area contributed by atoms with Gasteiger partial charge in [0.15, 0.2) is 0 Å². The molecule has 1 atom stereocenters. The number of amides is 2. The van der Waals surface area contributed by atoms with Gasteiger partial charge in [0.25, 0.3) is 0 Å². The second-order valence-electron chi connectivity index (χ2n) is 6.76. The van der Waals surface area contributed by atoms with Crippen LogP contribution in [0.2, 0.25) is 0 Å². The molecule has 27 heavy (non-hydrogen) atoms. The van der Waals surface area contributed by atoms with Crippen LogP contribution < -0.4 is 10.6 Å². The van der Waals surface area contributed by atoms with Crippen LogP contribution in [0.25, 0.3) is 0 Å². The van der Waals surface area contributed by atoms with Crippen molar-refractivity contribution in [3.63, 3.8) is 0 Å². The summed E-state index contributed by atoms with van der Waals surface area (Å²) >= 11 is 1.59. The minimum Gasteiger partial charge on any atom is -0.352 e. The SMILES string of the molecule is CSc1ccccc1NC(=O)CN(C)C(C(=O)NC1CC1)c1ccccc1. The lowest BCUT2D eigenvalue weighted by molar-refractivity contribution is -0.127. The minimum absolute atomic E-state index is 0.0523. The molecule has 2 amide bonds. The molecule has 0 radical (unpaired) electrons. The lowest BCUT2D eigenvalue weighted by Crippen LogP contribution is -2.42. The van der Waals surface area contributed by atoms with Crippen molar-refractivity contribution in [1.29, 1.82) is 0 Å². The predicted octanol–water partition coefficient (Wildman–Crippen LogP) is 3.30. The van der Waals surface area contributed by atoms with Crippen LogP contribution in [0.5, 0.6) is 0 Å². The summed E-state index contributed by atoms with van der Waals surface area (Å²) in [6.45, 7) is 0.125. The maximum absolute atomic E-state index is 12.8. The van der Waals surface area contributed by atoms with E-state index >= 15 is 0 Å². The maximum atomic E-state index is 12.8. The van der Waals surface area contributed by atoms with Crippen LogP contribution in [0.1, 0.15) is 24.4 Å². The lowest BCUT2D eigenvalue weighted by Gasteiger charge is -2.27. The summed E-state index contributed by atoms with van der Waals surface area (Å²) in [7, 11) is 1.81. The normalized spacial score (nSPS) is 14.6. The summed E-state index contributed by atoms with van der Waals surface area (Å²) in [5.74, 6) is -0.192. The molecule has 1 aliphatic rings. The Morgan fingerprint density at radius 1 is 1.11 bits per heavy atom. The fourth-order valence-electron chi connectivity index (χ4n) is 3.00. The third-order valence-electron chi connectivity index (χ3n) is 4.50. The monoisotopic (exact) mass is 383 g/mol. The molecule has 0 spiro atoms. The van der Waals surface area contributed by atoms with E-state index in [0.717, 1.165) is 29.0 Å². The number of para-hydroxylation sites is 1. The molecule has 1 fully saturated rings. The van der Waals surface area contributed by atoms with Crippen LogP contribution in [-0.2, 0) is 9.59 Å². The summed E-state index contributed by atoms with van der Waals surface area (Å²) in [5, 5.41) is 6.02. The highest BCUT2D eigenvalue weighted by molar-refractivity contribution is 7.98. The molecule has 0 heterocycles. The zero-order valence-corrected chi connectivity index (χ0v) is 16.5. The highest BCUT2D eigenvalue weighted by atomic mass is 32.2. The second kappa shape index (κ2) is 9.06. The van der Waals surface area contributed by atoms with E-state index in [1.54, 1.807) is 16.7 Å². The van der Waals surface area contributed by atoms with Gasteiger partial charge in [-0.05, 0) is 43.8 Å². The molecule has 142 valence electrons. The Balaban J connectivity index is 1.70. The van der Waals surface area contributed by atoms with E-state index in [9.17, 15) is 9.59 Å². The standard InChI is InChI=1S/C21H25N3O2S/c1-24(14-19(25)23-17-10-6-7-11-18(17)27-2)20(15-8-4-3-5-9-15)21(26)22-16-12-13-16/h3-11,16,20H,12-14H2,1-2H3,(H,22,26)(H,23,25). The Labute approximate surface area is 164 Å². The van der Waals surface area contributed by atoms with Crippen molar-refractivity contribution in [2.24, 2.45) is 0 Å². The molecule has 0 saturated heterocycles. The van der Waals surface area contributed by atoms with Gasteiger partial charge in [-0.1, -0.05) is 42.5 Å². The van der Waals surface area contributed by atoms with Gasteiger partial charge in [0, 0.05) is 10.9 Å². The van der Waals surface area contributed by atoms with Crippen LogP contribution in [-0.4, -0.2) is 42.6 Å². The first-order valence-corrected chi connectivity index (χ1v) is 10.3. The molecule has 5 nitrogen and oxygen atoms in total. The number of benzene rings is 2. The van der Waals surface area contributed by atoms with Crippen LogP contribution in [0.15, 0.2) is 59.5 Å². The van der Waals surface area contributed by atoms with Gasteiger partial charge in [-0.2, -0.15) is 0 Å². The second-order valence-corrected chi connectivity index (χ2v) is 7.61. The predicted molar refractivity (Wildman–Crippen MR) is 110 cm³/mol. The molecule has 3 rings (SSSR count). The van der Waals surface area contributed by atoms with E-state index < -0.39 is 6.04 Å². The molecule has 0 aromatic heterocycles. The van der Waals surface area contributed by atoms with Gasteiger partial charge in [0.1, 0.15) is 6.04 Å². The van der Waals surface area contributed by atoms with Gasteiger partial charge >= 0.3 is 0 Å². The number of carbonyl (C=O) groups is 2. The molecule has 0 bridgehead atoms. The van der Waals surface area contributed by atoms with Gasteiger partial charge in [-0.15, -0.1) is 11.8 Å². The molecule has 2 aromatic rings. The summed E-state index contributed by atoms with van der Waals surface area (Å²) in [4.78, 5) is 28.2. The largest absolute Gasteiger partial charge is 0.352 e. The average Bonchev–Trinajstić information content (AvgIpc) is 3.47. The fraction of sp³-hybridized carbons (Fsp3) is 0.333. The number of hydrogen-bond donors (Lipinski definition) is 2. The summed E-state index contributed by atoms with van der Waals surface area (Å²) in [5.41, 5.74) is 1.68. The van der Waals surface area contributed by atoms with Crippen molar-refractivity contribution in [3.05, 3.63) is 60.2 Å². The van der Waals surface area contributed by atoms with Crippen molar-refractivity contribution in [3.8, 4) is 0 Å². The van der Waals surface area contributed by atoms with E-state index in [1.165, 1.54) is 0 Å². The first kappa shape index (κ1) is 19.5. The Kier molecular flexibility index (Phi) is 6.53. The third kappa shape index (κ3) is 5.34. The minimum atomic E-state index is -0.492. The molecular weight excluding hydrogens is 358 g/mol. The van der Waals surface area contributed by atoms with Crippen LogP contribution >= 0.6 is 11.8 Å². The number of nitrogens with zero attached hydrogens (tertiary/aromatic N) is 1. The van der Waals surface area contributed by atoms with E-state index in [0.29, 0.717) is 0 Å². The summed E-state index contributed by atoms with van der Waals surface area (Å²) in [6.07, 6.45) is 4.04. The summed E-state index contributed by atoms with van der Waals surface area (Å²) < 4.78 is 0. The Morgan fingerprint density at radius 2 is 1.78 bits per heavy atom. The molecular formula is C21H25N3O2S. The van der Waals surface area contributed by atoms with E-state index in [1.807, 2.05) is 67.9 Å². The van der Waals surface area contributed by atoms with Crippen molar-refractivity contribution >= 4 is 29.3 Å². The number of nitrogens with one attached hydrogen (secondary N) is 2. The number of likely N-dealkylation sites (N-methyl/N-ethyl adjacent to an activating group) is 1. The third-order valence-corrected chi connectivity index (χ3v) is 5.30. The van der Waals surface area contributed by atoms with E-state index in [-0.39, 0.29) is 24.4 Å². The van der Waals surface area contributed by atoms with Gasteiger partial charge in [-0.25, -0.2) is 0 Å². The molecule has 1 unspecified atom stereocenters. The molecule has 1 aliphatic carbocycles. The molecule has 6 heteroatoms. The number of carbonyl (C=O) groups excluding carboxylic acids is 2. The highest BCUT2D eigenvalue weighted by Gasteiger charge is 2.31. The zero-order valence-electron chi connectivity index (χ0n) is 15.6. The van der Waals surface area contributed by atoms with Crippen molar-refractivity contribution in [2.45, 2.75) is 29.8 Å². The Morgan fingerprint density at radius 3 is 2.44 bits per heavy atom. The average molecular weight is 384 g/mol. The van der Waals surface area contributed by atoms with E-state index in [4.69, 9.17) is 0 Å². The smallest absolute Gasteiger partial charge is 0.242 e. The Bertz CT molecular complexity index is 793. The maximum Gasteiger partial charge on any atom is 0.242 e. The summed E-state index contributed by atoms with van der Waals surface area (Å²) in [6, 6.07) is 17.1. The Hall–Kier alpha value is -2.31. The first-order valence-electron chi connectivity index (χ1n) is 9.07. The van der Waals surface area contributed by atoms with Crippen LogP contribution in [0.4, 0.5) is 5.69 Å². The fourth-order valence-corrected chi connectivity index (χ4v) is 3.56. The van der Waals surface area contributed by atoms with Crippen molar-refractivity contribution in [1.82, 2.24) is 10.2 Å². The van der Waals surface area contributed by atoms with Gasteiger partial charge in [0.2, 0.25) is 11.8 Å². The number of hydrogen-bond acceptors (Lipinski definition) is 4. The van der Waals surface area contributed by atoms with E-state index in [2.05, 4.69) is 10.6 Å². The quantitative estimate of drug-likeness (QED) is 0.687. The highest BCUT2D eigenvalue weighted by Crippen LogP contribution is 2.26. The van der Waals surface area contributed by atoms with Crippen LogP contribution in [0, 0.1) is 0 Å². The first-order chi connectivity index (χ1) is 13.1. The lowest BCUT2D eigenvalue weighted by atomic mass is 10.0. The number of anilines is 1. The topological polar surface area (TPSA) is 61.4 Å². The van der Waals surface area contributed by atoms with Crippen molar-refractivity contribution < 1.29 is 9.59 Å². The number of rotatable bonds is 8. The van der Waals surface area contributed by atoms with Crippen LogP contribution in [0.3, 0.4) is 0 Å².